The molecule has 13 heteroatoms. The Labute approximate surface area is 301 Å². The molecule has 3 amide bonds. The first-order chi connectivity index (χ1) is 24.8. The lowest BCUT2D eigenvalue weighted by molar-refractivity contribution is -0.145. The number of alkyl carbamates (subject to hydrolysis) is 1. The second-order valence-electron chi connectivity index (χ2n) is 14.8. The van der Waals surface area contributed by atoms with Crippen molar-refractivity contribution in [1.82, 2.24) is 25.3 Å². The molecule has 274 valence electrons. The van der Waals surface area contributed by atoms with Crippen LogP contribution >= 0.6 is 0 Å². The highest BCUT2D eigenvalue weighted by atomic mass is 19.1. The topological polar surface area (TPSA) is 160 Å². The van der Waals surface area contributed by atoms with Gasteiger partial charge in [0.15, 0.2) is 0 Å². The van der Waals surface area contributed by atoms with Crippen LogP contribution in [0.25, 0.3) is 22.4 Å². The van der Waals surface area contributed by atoms with E-state index in [1.165, 1.54) is 33.8 Å². The largest absolute Gasteiger partial charge is 0.479 e. The summed E-state index contributed by atoms with van der Waals surface area (Å²) < 4.78 is 20.6. The Morgan fingerprint density at radius 3 is 2.44 bits per heavy atom. The van der Waals surface area contributed by atoms with E-state index >= 15 is 0 Å². The zero-order valence-corrected chi connectivity index (χ0v) is 29.5. The van der Waals surface area contributed by atoms with E-state index in [9.17, 15) is 33.5 Å². The molecule has 2 fully saturated rings. The minimum atomic E-state index is -1.52. The molecule has 1 saturated carbocycles. The van der Waals surface area contributed by atoms with Gasteiger partial charge in [-0.25, -0.2) is 18.7 Å². The van der Waals surface area contributed by atoms with Crippen LogP contribution in [0.2, 0.25) is 0 Å². The zero-order valence-electron chi connectivity index (χ0n) is 29.5. The van der Waals surface area contributed by atoms with E-state index in [2.05, 4.69) is 10.6 Å². The highest BCUT2D eigenvalue weighted by Gasteiger charge is 2.61. The first-order valence-corrected chi connectivity index (χ1v) is 17.7. The maximum absolute atomic E-state index is 14.5. The standard InChI is InChI=1S/C39H44FN5O7/c1-38(2,3)52-37(51)41-30-15-11-6-4-5-10-14-26-22-39(26,36(49)50)42-33(46)32-20-28(23-44(32)35(30)48)45-34(47)29(24-16-18-27(40)19-17-24)21-31(43-45)25-12-8-7-9-13-25/h7-10,12-14,16-19,21,26,28,30,32H,4-6,11,15,20,22-23H2,1-3H3,(H,41,51)(H,42,46)(H,49,50)/b14-10-/t26-,28-,30-,32-,39+/m0/s1. The van der Waals surface area contributed by atoms with Crippen LogP contribution in [0.4, 0.5) is 9.18 Å². The number of carbonyl (C=O) groups is 4. The van der Waals surface area contributed by atoms with Crippen LogP contribution in [0.15, 0.2) is 77.6 Å². The normalized spacial score (nSPS) is 25.8. The third-order valence-corrected chi connectivity index (χ3v) is 9.83. The van der Waals surface area contributed by atoms with Gasteiger partial charge in [-0.15, -0.1) is 0 Å². The van der Waals surface area contributed by atoms with Gasteiger partial charge in [-0.3, -0.25) is 14.4 Å². The van der Waals surface area contributed by atoms with Gasteiger partial charge in [0.2, 0.25) is 11.8 Å². The molecule has 52 heavy (non-hydrogen) atoms. The van der Waals surface area contributed by atoms with Gasteiger partial charge >= 0.3 is 12.1 Å². The minimum Gasteiger partial charge on any atom is -0.479 e. The maximum atomic E-state index is 14.5. The Hall–Kier alpha value is -5.33. The quantitative estimate of drug-likeness (QED) is 0.303. The lowest BCUT2D eigenvalue weighted by atomic mass is 10.0. The molecular formula is C39H44FN5O7. The molecule has 2 aliphatic heterocycles. The molecule has 3 heterocycles. The molecule has 1 aromatic heterocycles. The van der Waals surface area contributed by atoms with Crippen LogP contribution < -0.4 is 16.2 Å². The van der Waals surface area contributed by atoms with Crippen LogP contribution in [0.3, 0.4) is 0 Å². The SMILES string of the molecule is CC(C)(C)OC(=O)N[C@H]1CCCCC/C=C\[C@H]2C[C@@]2(C(=O)O)NC(=O)[C@@H]2C[C@H](n3nc(-c4ccccc4)cc(-c4ccc(F)cc4)c3=O)CN2C1=O. The van der Waals surface area contributed by atoms with Crippen molar-refractivity contribution in [2.24, 2.45) is 5.92 Å². The number of halogens is 1. The van der Waals surface area contributed by atoms with Gasteiger partial charge in [-0.2, -0.15) is 5.10 Å². The fourth-order valence-corrected chi connectivity index (χ4v) is 7.05. The van der Waals surface area contributed by atoms with Crippen LogP contribution in [0.5, 0.6) is 0 Å². The molecule has 0 spiro atoms. The smallest absolute Gasteiger partial charge is 0.408 e. The molecule has 3 N–H and O–H groups in total. The highest BCUT2D eigenvalue weighted by Crippen LogP contribution is 2.45. The van der Waals surface area contributed by atoms with Gasteiger partial charge in [0, 0.05) is 24.4 Å². The van der Waals surface area contributed by atoms with Crippen molar-refractivity contribution in [2.75, 3.05) is 6.54 Å². The summed E-state index contributed by atoms with van der Waals surface area (Å²) in [6, 6.07) is 13.3. The van der Waals surface area contributed by atoms with E-state index < -0.39 is 70.4 Å². The van der Waals surface area contributed by atoms with Crippen molar-refractivity contribution in [3.8, 4) is 22.4 Å². The molecule has 0 radical (unpaired) electrons. The van der Waals surface area contributed by atoms with Gasteiger partial charge in [-0.05, 0) is 70.2 Å². The number of fused-ring (bicyclic) bond motifs is 2. The maximum Gasteiger partial charge on any atom is 0.408 e. The van der Waals surface area contributed by atoms with Crippen LogP contribution in [0, 0.1) is 11.7 Å². The third-order valence-electron chi connectivity index (χ3n) is 9.83. The molecule has 3 aromatic rings. The fraction of sp³-hybridized carbons (Fsp3) is 0.436. The van der Waals surface area contributed by atoms with Crippen LogP contribution in [0.1, 0.15) is 71.8 Å². The molecule has 12 nitrogen and oxygen atoms in total. The average Bonchev–Trinajstić information content (AvgIpc) is 3.61. The van der Waals surface area contributed by atoms with Gasteiger partial charge in [-0.1, -0.05) is 67.5 Å². The van der Waals surface area contributed by atoms with E-state index in [0.717, 1.165) is 12.8 Å². The van der Waals surface area contributed by atoms with Crippen LogP contribution in [-0.4, -0.2) is 73.4 Å². The molecule has 1 saturated heterocycles. The van der Waals surface area contributed by atoms with Gasteiger partial charge in [0.1, 0.15) is 29.0 Å². The number of carboxylic acid groups (broad SMARTS) is 1. The number of rotatable bonds is 5. The van der Waals surface area contributed by atoms with Crippen molar-refractivity contribution in [3.05, 3.63) is 89.0 Å². The monoisotopic (exact) mass is 713 g/mol. The van der Waals surface area contributed by atoms with E-state index in [1.54, 1.807) is 26.8 Å². The molecule has 3 aliphatic rings. The first-order valence-electron chi connectivity index (χ1n) is 17.7. The number of nitrogens with zero attached hydrogens (tertiary/aromatic N) is 3. The first kappa shape index (κ1) is 36.5. The highest BCUT2D eigenvalue weighted by molar-refractivity contribution is 5.96. The molecule has 6 rings (SSSR count). The van der Waals surface area contributed by atoms with Gasteiger partial charge in [0.05, 0.1) is 17.3 Å². The number of aromatic nitrogens is 2. The number of benzene rings is 2. The number of carboxylic acids is 1. The predicted molar refractivity (Wildman–Crippen MR) is 190 cm³/mol. The van der Waals surface area contributed by atoms with Crippen molar-refractivity contribution in [2.45, 2.75) is 95.0 Å². The molecular weight excluding hydrogens is 669 g/mol. The molecule has 1 aliphatic carbocycles. The second kappa shape index (κ2) is 14.7. The Kier molecular flexibility index (Phi) is 10.3. The summed E-state index contributed by atoms with van der Waals surface area (Å²) in [6.45, 7) is 5.01. The number of amides is 3. The fourth-order valence-electron chi connectivity index (χ4n) is 7.05. The van der Waals surface area contributed by atoms with Crippen molar-refractivity contribution in [3.63, 3.8) is 0 Å². The zero-order chi connectivity index (χ0) is 37.2. The van der Waals surface area contributed by atoms with Crippen molar-refractivity contribution >= 4 is 23.9 Å². The van der Waals surface area contributed by atoms with Crippen molar-refractivity contribution < 1.29 is 33.4 Å². The van der Waals surface area contributed by atoms with E-state index in [-0.39, 0.29) is 31.4 Å². The lowest BCUT2D eigenvalue weighted by Crippen LogP contribution is -2.56. The van der Waals surface area contributed by atoms with Crippen molar-refractivity contribution in [1.29, 1.82) is 0 Å². The number of nitrogens with one attached hydrogen (secondary N) is 2. The summed E-state index contributed by atoms with van der Waals surface area (Å²) in [7, 11) is 0. The Bertz CT molecular complexity index is 1920. The minimum absolute atomic E-state index is 0.0546. The molecule has 2 aromatic carbocycles. The Balaban J connectivity index is 1.42. The molecule has 0 unspecified atom stereocenters. The molecule has 0 bridgehead atoms. The second-order valence-corrected chi connectivity index (χ2v) is 14.8. The van der Waals surface area contributed by atoms with Gasteiger partial charge < -0.3 is 25.4 Å². The van der Waals surface area contributed by atoms with Gasteiger partial charge in [0.25, 0.3) is 5.56 Å². The summed E-state index contributed by atoms with van der Waals surface area (Å²) in [6.07, 6.45) is 6.24. The lowest BCUT2D eigenvalue weighted by Gasteiger charge is -2.30. The summed E-state index contributed by atoms with van der Waals surface area (Å²) in [5, 5.41) is 20.4. The third kappa shape index (κ3) is 7.93. The predicted octanol–water partition coefficient (Wildman–Crippen LogP) is 5.23. The number of ether oxygens (including phenoxy) is 1. The van der Waals surface area contributed by atoms with Crippen LogP contribution in [-0.2, 0) is 19.1 Å². The summed E-state index contributed by atoms with van der Waals surface area (Å²) in [5.41, 5.74) is -1.00. The van der Waals surface area contributed by atoms with E-state index in [4.69, 9.17) is 9.84 Å². The number of allylic oxidation sites excluding steroid dienone is 1. The average molecular weight is 714 g/mol. The van der Waals surface area contributed by atoms with E-state index in [1.807, 2.05) is 42.5 Å². The van der Waals surface area contributed by atoms with E-state index in [0.29, 0.717) is 29.7 Å². The number of carbonyl (C=O) groups excluding carboxylic acids is 3. The summed E-state index contributed by atoms with van der Waals surface area (Å²) in [5.74, 6) is -3.27. The number of hydrogen-bond donors (Lipinski definition) is 3. The molecule has 5 atom stereocenters. The Morgan fingerprint density at radius 2 is 1.75 bits per heavy atom. The Morgan fingerprint density at radius 1 is 1.02 bits per heavy atom. The summed E-state index contributed by atoms with van der Waals surface area (Å²) >= 11 is 0. The summed E-state index contributed by atoms with van der Waals surface area (Å²) in [4.78, 5) is 69.7. The number of aliphatic carboxylic acids is 1. The number of hydrogen-bond acceptors (Lipinski definition) is 7.